The van der Waals surface area contributed by atoms with Gasteiger partial charge in [0, 0.05) is 0 Å². The first-order chi connectivity index (χ1) is 2.41. The number of hydrogen-bond acceptors (Lipinski definition) is 1. The van der Waals surface area contributed by atoms with Crippen LogP contribution < -0.4 is 5.32 Å². The molecule has 0 fully saturated rings. The van der Waals surface area contributed by atoms with Crippen LogP contribution in [0, 0.1) is 45.0 Å². The second-order valence-corrected chi connectivity index (χ2v) is 0.750. The van der Waals surface area contributed by atoms with Gasteiger partial charge in [-0.3, -0.25) is 0 Å². The summed E-state index contributed by atoms with van der Waals surface area (Å²) in [6, 6.07) is 0. The zero-order valence-corrected chi connectivity index (χ0v) is 7.99. The van der Waals surface area contributed by atoms with Crippen LogP contribution in [0.5, 0.6) is 0 Å². The van der Waals surface area contributed by atoms with Gasteiger partial charge in [0.05, 0.1) is 0 Å². The Bertz CT molecular complexity index is 15.0. The van der Waals surface area contributed by atoms with Gasteiger partial charge < -0.3 is 19.2 Å². The van der Waals surface area contributed by atoms with Crippen LogP contribution in [-0.2, 0) is 0 Å². The van der Waals surface area contributed by atoms with Gasteiger partial charge in [-0.05, 0) is 0 Å². The number of hydrogen-bond donors (Lipinski definition) is 1. The first-order valence-electron chi connectivity index (χ1n) is 1.71. The normalized spacial score (nSPS) is 7.00. The molecule has 0 aliphatic heterocycles. The third-order valence-corrected chi connectivity index (χ3v) is 0.354. The summed E-state index contributed by atoms with van der Waals surface area (Å²) in [4.78, 5) is 0. The Balaban J connectivity index is 0. The standard InChI is InChI=1S/C4H9N.U/c1-3-5-4-2;/h5H,1-4H2;/q-2;+2. The van der Waals surface area contributed by atoms with Gasteiger partial charge in [0.1, 0.15) is 0 Å². The van der Waals surface area contributed by atoms with Crippen molar-refractivity contribution >= 4 is 0 Å². The van der Waals surface area contributed by atoms with Crippen molar-refractivity contribution in [3.05, 3.63) is 13.8 Å². The quantitative estimate of drug-likeness (QED) is 0.721. The van der Waals surface area contributed by atoms with Crippen LogP contribution in [0.2, 0.25) is 0 Å². The maximum absolute atomic E-state index is 3.52. The van der Waals surface area contributed by atoms with E-state index in [4.69, 9.17) is 0 Å². The van der Waals surface area contributed by atoms with Gasteiger partial charge >= 0.3 is 31.1 Å². The topological polar surface area (TPSA) is 12.0 Å². The molecule has 0 saturated heterocycles. The second-order valence-electron chi connectivity index (χ2n) is 0.750. The molecular weight excluding hydrogens is 300 g/mol. The van der Waals surface area contributed by atoms with E-state index in [0.717, 1.165) is 13.1 Å². The molecule has 0 amide bonds. The van der Waals surface area contributed by atoms with Gasteiger partial charge in [-0.1, -0.05) is 0 Å². The molecule has 0 radical (unpaired) electrons. The molecule has 0 aliphatic rings. The van der Waals surface area contributed by atoms with Crippen molar-refractivity contribution in [2.24, 2.45) is 0 Å². The van der Waals surface area contributed by atoms with Crippen LogP contribution in [0.25, 0.3) is 0 Å². The fraction of sp³-hybridized carbons (Fsp3) is 0.500. The summed E-state index contributed by atoms with van der Waals surface area (Å²) in [5.74, 6) is 0. The molecule has 0 unspecified atom stereocenters. The Kier molecular flexibility index (Phi) is 15.8. The Morgan fingerprint density at radius 3 is 1.50 bits per heavy atom. The molecule has 0 aromatic carbocycles. The molecule has 6 heavy (non-hydrogen) atoms. The van der Waals surface area contributed by atoms with E-state index in [-0.39, 0.29) is 31.1 Å². The molecule has 34 valence electrons. The SMILES string of the molecule is [CH2-]CNC[CH2-].[U+2]. The fourth-order valence-corrected chi connectivity index (χ4v) is 0.125. The van der Waals surface area contributed by atoms with Gasteiger partial charge in [-0.2, -0.15) is 0 Å². The molecular formula is C4H9NU. The maximum Gasteiger partial charge on any atom is 2.00 e. The van der Waals surface area contributed by atoms with Crippen LogP contribution in [0.1, 0.15) is 0 Å². The summed E-state index contributed by atoms with van der Waals surface area (Å²) in [6.07, 6.45) is 0. The Hall–Kier alpha value is 1.01. The van der Waals surface area contributed by atoms with Crippen LogP contribution in [0.4, 0.5) is 0 Å². The molecule has 0 rings (SSSR count). The van der Waals surface area contributed by atoms with Gasteiger partial charge in [0.25, 0.3) is 0 Å². The average molecular weight is 309 g/mol. The van der Waals surface area contributed by atoms with Crippen LogP contribution in [0.3, 0.4) is 0 Å². The molecule has 0 heterocycles. The van der Waals surface area contributed by atoms with Crippen molar-refractivity contribution < 1.29 is 31.1 Å². The molecule has 0 spiro atoms. The van der Waals surface area contributed by atoms with Crippen molar-refractivity contribution in [1.82, 2.24) is 5.32 Å². The minimum absolute atomic E-state index is 0. The summed E-state index contributed by atoms with van der Waals surface area (Å²) < 4.78 is 0. The Labute approximate surface area is 63.3 Å². The monoisotopic (exact) mass is 309 g/mol. The largest absolute Gasteiger partial charge is 2.00 e. The van der Waals surface area contributed by atoms with E-state index in [1.54, 1.807) is 0 Å². The van der Waals surface area contributed by atoms with Crippen LogP contribution >= 0.6 is 0 Å². The first-order valence-corrected chi connectivity index (χ1v) is 1.71. The Morgan fingerprint density at radius 1 is 1.17 bits per heavy atom. The van der Waals surface area contributed by atoms with Crippen molar-refractivity contribution in [3.63, 3.8) is 0 Å². The molecule has 0 atom stereocenters. The van der Waals surface area contributed by atoms with E-state index in [1.165, 1.54) is 0 Å². The van der Waals surface area contributed by atoms with Crippen molar-refractivity contribution in [2.75, 3.05) is 13.1 Å². The average Bonchev–Trinajstić information content (AvgIpc) is 1.41. The van der Waals surface area contributed by atoms with E-state index >= 15 is 0 Å². The second kappa shape index (κ2) is 9.38. The smallest absolute Gasteiger partial charge is 0.376 e. The van der Waals surface area contributed by atoms with E-state index < -0.39 is 0 Å². The van der Waals surface area contributed by atoms with Crippen molar-refractivity contribution in [3.8, 4) is 0 Å². The van der Waals surface area contributed by atoms with E-state index in [0.29, 0.717) is 0 Å². The van der Waals surface area contributed by atoms with E-state index in [9.17, 15) is 0 Å². The summed E-state index contributed by atoms with van der Waals surface area (Å²) in [6.45, 7) is 8.61. The fourth-order valence-electron chi connectivity index (χ4n) is 0.125. The minimum Gasteiger partial charge on any atom is -0.376 e. The molecule has 0 aromatic heterocycles. The summed E-state index contributed by atoms with van der Waals surface area (Å²) in [7, 11) is 0. The summed E-state index contributed by atoms with van der Waals surface area (Å²) in [5.41, 5.74) is 0. The zero-order chi connectivity index (χ0) is 4.12. The summed E-state index contributed by atoms with van der Waals surface area (Å²) in [5, 5.41) is 2.89. The Morgan fingerprint density at radius 2 is 1.50 bits per heavy atom. The molecule has 2 heteroatoms. The zero-order valence-electron chi connectivity index (χ0n) is 3.83. The summed E-state index contributed by atoms with van der Waals surface area (Å²) >= 11 is 0. The van der Waals surface area contributed by atoms with E-state index in [1.807, 2.05) is 0 Å². The van der Waals surface area contributed by atoms with Gasteiger partial charge in [-0.15, -0.1) is 13.1 Å². The molecule has 0 bridgehead atoms. The molecule has 1 nitrogen and oxygen atoms in total. The van der Waals surface area contributed by atoms with Crippen molar-refractivity contribution in [2.45, 2.75) is 0 Å². The molecule has 1 N–H and O–H groups in total. The van der Waals surface area contributed by atoms with Crippen LogP contribution in [0.15, 0.2) is 0 Å². The minimum atomic E-state index is 0. The van der Waals surface area contributed by atoms with Gasteiger partial charge in [-0.25, -0.2) is 0 Å². The number of nitrogens with one attached hydrogen (secondary N) is 1. The predicted octanol–water partition coefficient (Wildman–Crippen LogP) is 0.244. The van der Waals surface area contributed by atoms with Gasteiger partial charge in [0.2, 0.25) is 0 Å². The van der Waals surface area contributed by atoms with Crippen molar-refractivity contribution in [1.29, 1.82) is 0 Å². The third kappa shape index (κ3) is 8.89. The van der Waals surface area contributed by atoms with E-state index in [2.05, 4.69) is 19.2 Å². The molecule has 0 saturated carbocycles. The first kappa shape index (κ1) is 10.1. The molecule has 0 aliphatic carbocycles. The van der Waals surface area contributed by atoms with Gasteiger partial charge in [0.15, 0.2) is 0 Å². The maximum atomic E-state index is 3.52. The molecule has 0 aromatic rings. The van der Waals surface area contributed by atoms with Crippen LogP contribution in [-0.4, -0.2) is 13.1 Å². The number of rotatable bonds is 2. The third-order valence-electron chi connectivity index (χ3n) is 0.354. The predicted molar refractivity (Wildman–Crippen MR) is 23.6 cm³/mol.